The number of sulfonamides is 1. The molecule has 3 rings (SSSR count). The van der Waals surface area contributed by atoms with Crippen LogP contribution in [0.15, 0.2) is 57.8 Å². The highest BCUT2D eigenvalue weighted by Gasteiger charge is 2.38. The number of aryl methyl sites for hydroxylation is 1. The second-order valence-corrected chi connectivity index (χ2v) is 8.02. The summed E-state index contributed by atoms with van der Waals surface area (Å²) in [4.78, 5) is 12.3. The Morgan fingerprint density at radius 3 is 2.12 bits per heavy atom. The quantitative estimate of drug-likeness (QED) is 0.746. The van der Waals surface area contributed by atoms with Crippen molar-refractivity contribution >= 4 is 44.7 Å². The molecule has 2 aromatic carbocycles. The predicted octanol–water partition coefficient (Wildman–Crippen LogP) is 3.58. The molecule has 4 nitrogen and oxygen atoms in total. The molecule has 0 saturated heterocycles. The van der Waals surface area contributed by atoms with Crippen LogP contribution in [-0.4, -0.2) is 30.7 Å². The second kappa shape index (κ2) is 6.31. The summed E-state index contributed by atoms with van der Waals surface area (Å²) in [6.07, 6.45) is 0. The van der Waals surface area contributed by atoms with Crippen molar-refractivity contribution < 1.29 is 13.2 Å². The van der Waals surface area contributed by atoms with Gasteiger partial charge in [-0.3, -0.25) is 4.79 Å². The molecular formula is C17H13Cl2NO3S. The first-order valence-corrected chi connectivity index (χ1v) is 9.46. The molecule has 0 bridgehead atoms. The summed E-state index contributed by atoms with van der Waals surface area (Å²) in [6, 6.07) is 12.9. The molecule has 0 heterocycles. The number of hydrogen-bond donors (Lipinski definition) is 0. The summed E-state index contributed by atoms with van der Waals surface area (Å²) in [5.41, 5.74) is 1.75. The number of benzene rings is 2. The van der Waals surface area contributed by atoms with E-state index < -0.39 is 20.8 Å². The average molecular weight is 382 g/mol. The Labute approximate surface area is 150 Å². The van der Waals surface area contributed by atoms with Gasteiger partial charge in [0.05, 0.1) is 10.6 Å². The van der Waals surface area contributed by atoms with Gasteiger partial charge in [-0.25, -0.2) is 0 Å². The van der Waals surface area contributed by atoms with Gasteiger partial charge in [0.25, 0.3) is 10.0 Å². The topological polar surface area (TPSA) is 63.6 Å². The third-order valence-corrected chi connectivity index (χ3v) is 6.12. The summed E-state index contributed by atoms with van der Waals surface area (Å²) < 4.78 is 29.1. The van der Waals surface area contributed by atoms with Gasteiger partial charge in [-0.2, -0.15) is 12.8 Å². The van der Waals surface area contributed by atoms with Crippen LogP contribution >= 0.6 is 23.2 Å². The van der Waals surface area contributed by atoms with Gasteiger partial charge in [0, 0.05) is 11.1 Å². The number of carbonyl (C=O) groups excluding carboxylic acids is 1. The zero-order valence-corrected chi connectivity index (χ0v) is 14.9. The lowest BCUT2D eigenvalue weighted by molar-refractivity contribution is 0.0987. The fraction of sp³-hybridized carbons (Fsp3) is 0.176. The Balaban J connectivity index is 2.16. The average Bonchev–Trinajstić information content (AvgIpc) is 2.57. The third kappa shape index (κ3) is 2.99. The number of hydrogen-bond acceptors (Lipinski definition) is 3. The van der Waals surface area contributed by atoms with E-state index >= 15 is 0 Å². The number of halogens is 2. The molecular weight excluding hydrogens is 369 g/mol. The predicted molar refractivity (Wildman–Crippen MR) is 95.0 cm³/mol. The summed E-state index contributed by atoms with van der Waals surface area (Å²) in [6.45, 7) is 1.86. The molecule has 0 fully saturated rings. The highest BCUT2D eigenvalue weighted by molar-refractivity contribution is 7.90. The van der Waals surface area contributed by atoms with E-state index in [1.165, 1.54) is 12.1 Å². The Morgan fingerprint density at radius 1 is 0.917 bits per heavy atom. The molecule has 7 heteroatoms. The van der Waals surface area contributed by atoms with Crippen LogP contribution in [0.2, 0.25) is 0 Å². The van der Waals surface area contributed by atoms with Crippen molar-refractivity contribution in [1.82, 2.24) is 0 Å². The minimum Gasteiger partial charge on any atom is -0.292 e. The van der Waals surface area contributed by atoms with Crippen LogP contribution in [-0.2, 0) is 10.0 Å². The maximum absolute atomic E-state index is 12.6. The van der Waals surface area contributed by atoms with Crippen LogP contribution in [0.1, 0.15) is 21.5 Å². The van der Waals surface area contributed by atoms with Crippen molar-refractivity contribution in [2.75, 3.05) is 0 Å². The van der Waals surface area contributed by atoms with E-state index in [0.717, 1.165) is 5.56 Å². The molecule has 2 aromatic rings. The minimum atomic E-state index is -3.96. The Morgan fingerprint density at radius 2 is 1.50 bits per heavy atom. The summed E-state index contributed by atoms with van der Waals surface area (Å²) in [7, 11) is -3.96. The normalized spacial score (nSPS) is 22.5. The molecule has 0 unspecified atom stereocenters. The van der Waals surface area contributed by atoms with Gasteiger partial charge in [0.1, 0.15) is 10.8 Å². The molecule has 0 amide bonds. The van der Waals surface area contributed by atoms with E-state index in [0.29, 0.717) is 11.1 Å². The first-order valence-electron chi connectivity index (χ1n) is 7.14. The van der Waals surface area contributed by atoms with Crippen molar-refractivity contribution in [3.8, 4) is 0 Å². The van der Waals surface area contributed by atoms with Crippen LogP contribution < -0.4 is 0 Å². The van der Waals surface area contributed by atoms with E-state index in [2.05, 4.69) is 4.40 Å². The fourth-order valence-corrected chi connectivity index (χ4v) is 4.11. The van der Waals surface area contributed by atoms with Crippen LogP contribution in [0.25, 0.3) is 0 Å². The van der Waals surface area contributed by atoms with Gasteiger partial charge >= 0.3 is 0 Å². The lowest BCUT2D eigenvalue weighted by Crippen LogP contribution is -2.39. The molecule has 124 valence electrons. The smallest absolute Gasteiger partial charge is 0.282 e. The number of rotatable bonds is 2. The lowest BCUT2D eigenvalue weighted by Gasteiger charge is -2.25. The zero-order chi connectivity index (χ0) is 17.5. The number of ketones is 1. The number of alkyl halides is 2. The number of nitrogens with zero attached hydrogens (tertiary/aromatic N) is 1. The van der Waals surface area contributed by atoms with E-state index in [-0.39, 0.29) is 16.4 Å². The van der Waals surface area contributed by atoms with Crippen molar-refractivity contribution in [2.45, 2.75) is 22.6 Å². The summed E-state index contributed by atoms with van der Waals surface area (Å²) in [5, 5.41) is -2.08. The molecule has 0 saturated carbocycles. The number of Topliss-reactive ketones (excluding diaryl/α,β-unsaturated/α-hetero) is 1. The Kier molecular flexibility index (Phi) is 4.51. The van der Waals surface area contributed by atoms with Gasteiger partial charge in [-0.15, -0.1) is 23.2 Å². The molecule has 2 atom stereocenters. The lowest BCUT2D eigenvalue weighted by atomic mass is 9.88. The molecule has 0 N–H and O–H groups in total. The van der Waals surface area contributed by atoms with Crippen molar-refractivity contribution in [3.05, 3.63) is 65.2 Å². The van der Waals surface area contributed by atoms with Gasteiger partial charge in [0.2, 0.25) is 0 Å². The molecule has 0 aliphatic heterocycles. The molecule has 0 spiro atoms. The monoisotopic (exact) mass is 381 g/mol. The second-order valence-electron chi connectivity index (χ2n) is 5.48. The van der Waals surface area contributed by atoms with E-state index in [9.17, 15) is 13.2 Å². The minimum absolute atomic E-state index is 0.0602. The van der Waals surface area contributed by atoms with Crippen LogP contribution in [0.5, 0.6) is 0 Å². The highest BCUT2D eigenvalue weighted by atomic mass is 35.5. The molecule has 0 aromatic heterocycles. The van der Waals surface area contributed by atoms with E-state index in [1.807, 2.05) is 6.92 Å². The van der Waals surface area contributed by atoms with Gasteiger partial charge < -0.3 is 0 Å². The standard InChI is InChI=1S/C17H13Cl2NO3S/c1-10-6-8-11(9-7-10)24(22,23)20-16-12-4-2-3-5-13(12)17(21)15(19)14(16)18/h2-9,14-15H,1H3/t14-,15+/m1/s1. The molecule has 1 aliphatic carbocycles. The van der Waals surface area contributed by atoms with Gasteiger partial charge in [-0.1, -0.05) is 42.0 Å². The first-order chi connectivity index (χ1) is 11.3. The van der Waals surface area contributed by atoms with Gasteiger partial charge in [0.15, 0.2) is 5.78 Å². The SMILES string of the molecule is Cc1ccc(S(=O)(=O)N=C2c3ccccc3C(=O)[C@@H](Cl)[C@H]2Cl)cc1. The number of carbonyl (C=O) groups is 1. The number of fused-ring (bicyclic) bond motifs is 1. The Hall–Kier alpha value is -1.69. The largest absolute Gasteiger partial charge is 0.292 e. The molecule has 1 aliphatic rings. The van der Waals surface area contributed by atoms with E-state index in [4.69, 9.17) is 23.2 Å². The Bertz CT molecular complexity index is 937. The molecule has 24 heavy (non-hydrogen) atoms. The van der Waals surface area contributed by atoms with Crippen molar-refractivity contribution in [3.63, 3.8) is 0 Å². The summed E-state index contributed by atoms with van der Waals surface area (Å²) >= 11 is 12.3. The van der Waals surface area contributed by atoms with Crippen molar-refractivity contribution in [2.24, 2.45) is 4.40 Å². The first kappa shape index (κ1) is 17.1. The molecule has 0 radical (unpaired) electrons. The highest BCUT2D eigenvalue weighted by Crippen LogP contribution is 2.30. The fourth-order valence-electron chi connectivity index (χ4n) is 2.48. The van der Waals surface area contributed by atoms with Crippen LogP contribution in [0.4, 0.5) is 0 Å². The third-order valence-electron chi connectivity index (χ3n) is 3.77. The zero-order valence-electron chi connectivity index (χ0n) is 12.6. The maximum atomic E-state index is 12.6. The van der Waals surface area contributed by atoms with Crippen LogP contribution in [0, 0.1) is 6.92 Å². The van der Waals surface area contributed by atoms with E-state index in [1.54, 1.807) is 36.4 Å². The van der Waals surface area contributed by atoms with Crippen molar-refractivity contribution in [1.29, 1.82) is 0 Å². The maximum Gasteiger partial charge on any atom is 0.282 e. The van der Waals surface area contributed by atoms with Gasteiger partial charge in [-0.05, 0) is 19.1 Å². The van der Waals surface area contributed by atoms with Crippen LogP contribution in [0.3, 0.4) is 0 Å². The summed E-state index contributed by atoms with van der Waals surface area (Å²) in [5.74, 6) is -0.334.